The van der Waals surface area contributed by atoms with Crippen molar-refractivity contribution in [3.05, 3.63) is 75.4 Å². The summed E-state index contributed by atoms with van der Waals surface area (Å²) in [5.74, 6) is -0.741. The monoisotopic (exact) mass is 449 g/mol. The van der Waals surface area contributed by atoms with Crippen LogP contribution in [0.3, 0.4) is 0 Å². The lowest BCUT2D eigenvalue weighted by molar-refractivity contribution is -0.130. The molecule has 31 heavy (non-hydrogen) atoms. The van der Waals surface area contributed by atoms with Crippen LogP contribution in [0.5, 0.6) is 0 Å². The van der Waals surface area contributed by atoms with Gasteiger partial charge in [-0.15, -0.1) is 0 Å². The van der Waals surface area contributed by atoms with Gasteiger partial charge >= 0.3 is 0 Å². The van der Waals surface area contributed by atoms with E-state index in [1.807, 2.05) is 62.2 Å². The van der Waals surface area contributed by atoms with Crippen LogP contribution in [-0.2, 0) is 4.79 Å². The minimum absolute atomic E-state index is 0.0371. The fourth-order valence-corrected chi connectivity index (χ4v) is 5.12. The number of nitriles is 2. The van der Waals surface area contributed by atoms with Gasteiger partial charge in [0.05, 0.1) is 34.3 Å². The molecule has 0 aliphatic carbocycles. The van der Waals surface area contributed by atoms with Gasteiger partial charge in [0.1, 0.15) is 0 Å². The van der Waals surface area contributed by atoms with Crippen LogP contribution < -0.4 is 0 Å². The Morgan fingerprint density at radius 2 is 1.74 bits per heavy atom. The molecule has 0 N–H and O–H groups in total. The second kappa shape index (κ2) is 7.41. The minimum Gasteiger partial charge on any atom is -0.357 e. The first-order valence-electron chi connectivity index (χ1n) is 10.0. The number of carbonyl (C=O) groups excluding carboxylic acids is 1. The average Bonchev–Trinajstić information content (AvgIpc) is 3.05. The predicted molar refractivity (Wildman–Crippen MR) is 121 cm³/mol. The van der Waals surface area contributed by atoms with Gasteiger partial charge in [0, 0.05) is 17.5 Å². The van der Waals surface area contributed by atoms with Gasteiger partial charge in [-0.3, -0.25) is 4.79 Å². The number of fused-ring (bicyclic) bond motifs is 3. The van der Waals surface area contributed by atoms with Gasteiger partial charge in [0.2, 0.25) is 0 Å². The van der Waals surface area contributed by atoms with Crippen LogP contribution in [0.1, 0.15) is 49.4 Å². The molecule has 0 radical (unpaired) electrons. The quantitative estimate of drug-likeness (QED) is 0.552. The molecule has 2 aliphatic rings. The molecule has 2 aliphatic heterocycles. The summed E-state index contributed by atoms with van der Waals surface area (Å²) in [4.78, 5) is 15.6. The maximum atomic E-state index is 13.7. The van der Waals surface area contributed by atoms with Crippen molar-refractivity contribution in [3.63, 3.8) is 0 Å². The van der Waals surface area contributed by atoms with Gasteiger partial charge in [0.15, 0.2) is 11.2 Å². The van der Waals surface area contributed by atoms with Crippen LogP contribution >= 0.6 is 23.2 Å². The first kappa shape index (κ1) is 21.4. The number of carbonyl (C=O) groups is 1. The van der Waals surface area contributed by atoms with Crippen LogP contribution in [-0.4, -0.2) is 16.7 Å². The molecule has 4 rings (SSSR count). The van der Waals surface area contributed by atoms with E-state index >= 15 is 0 Å². The highest BCUT2D eigenvalue weighted by Gasteiger charge is 2.64. The molecule has 0 saturated carbocycles. The van der Waals surface area contributed by atoms with E-state index in [-0.39, 0.29) is 5.78 Å². The topological polar surface area (TPSA) is 67.9 Å². The van der Waals surface area contributed by atoms with Crippen molar-refractivity contribution >= 4 is 35.1 Å². The highest BCUT2D eigenvalue weighted by molar-refractivity contribution is 6.42. The van der Waals surface area contributed by atoms with E-state index < -0.39 is 28.8 Å². The normalized spacial score (nSPS) is 23.5. The molecule has 0 spiro atoms. The second-order valence-corrected chi connectivity index (χ2v) is 9.91. The van der Waals surface area contributed by atoms with Gasteiger partial charge < -0.3 is 4.90 Å². The number of hydrogen-bond donors (Lipinski definition) is 0. The number of rotatable bonds is 2. The van der Waals surface area contributed by atoms with Crippen molar-refractivity contribution in [2.24, 2.45) is 10.8 Å². The maximum absolute atomic E-state index is 13.7. The Morgan fingerprint density at radius 3 is 2.35 bits per heavy atom. The predicted octanol–water partition coefficient (Wildman–Crippen LogP) is 6.14. The Balaban J connectivity index is 2.03. The lowest BCUT2D eigenvalue weighted by Crippen LogP contribution is -2.43. The Hall–Kier alpha value is -2.79. The number of Topliss-reactive ketones (excluding diaryl/α,β-unsaturated/α-hetero) is 1. The van der Waals surface area contributed by atoms with Gasteiger partial charge in [-0.25, -0.2) is 0 Å². The van der Waals surface area contributed by atoms with Gasteiger partial charge in [-0.2, -0.15) is 10.5 Å². The zero-order valence-corrected chi connectivity index (χ0v) is 18.9. The second-order valence-electron chi connectivity index (χ2n) is 9.10. The molecule has 3 atom stereocenters. The van der Waals surface area contributed by atoms with E-state index in [0.717, 1.165) is 11.1 Å². The maximum Gasteiger partial charge on any atom is 0.177 e. The number of halogens is 2. The fraction of sp³-hybridized carbons (Fsp3) is 0.320. The minimum atomic E-state index is -1.50. The molecule has 2 heterocycles. The summed E-state index contributed by atoms with van der Waals surface area (Å²) < 4.78 is 0. The van der Waals surface area contributed by atoms with Crippen molar-refractivity contribution in [3.8, 4) is 12.1 Å². The molecule has 0 amide bonds. The first-order chi connectivity index (χ1) is 14.7. The van der Waals surface area contributed by atoms with E-state index in [1.165, 1.54) is 0 Å². The number of nitrogens with zero attached hydrogens (tertiary/aromatic N) is 3. The van der Waals surface area contributed by atoms with Crippen molar-refractivity contribution in [1.82, 2.24) is 4.90 Å². The van der Waals surface area contributed by atoms with Crippen molar-refractivity contribution < 1.29 is 4.79 Å². The summed E-state index contributed by atoms with van der Waals surface area (Å²) in [6.45, 7) is 5.57. The Morgan fingerprint density at radius 1 is 1.06 bits per heavy atom. The summed E-state index contributed by atoms with van der Waals surface area (Å²) in [5.41, 5.74) is 0.289. The summed E-state index contributed by atoms with van der Waals surface area (Å²) in [5, 5.41) is 21.6. The lowest BCUT2D eigenvalue weighted by atomic mass is 9.66. The Kier molecular flexibility index (Phi) is 5.13. The van der Waals surface area contributed by atoms with Crippen molar-refractivity contribution in [2.75, 3.05) is 0 Å². The molecular weight excluding hydrogens is 429 g/mol. The van der Waals surface area contributed by atoms with E-state index in [0.29, 0.717) is 15.6 Å². The number of hydrogen-bond acceptors (Lipinski definition) is 4. The van der Waals surface area contributed by atoms with Gasteiger partial charge in [0.25, 0.3) is 0 Å². The van der Waals surface area contributed by atoms with E-state index in [4.69, 9.17) is 23.2 Å². The summed E-state index contributed by atoms with van der Waals surface area (Å²) in [6.07, 6.45) is 3.79. The Labute approximate surface area is 192 Å². The van der Waals surface area contributed by atoms with Gasteiger partial charge in [-0.05, 0) is 34.9 Å². The summed E-state index contributed by atoms with van der Waals surface area (Å²) in [6, 6.07) is 16.1. The number of ketones is 1. The van der Waals surface area contributed by atoms with Crippen LogP contribution in [0.4, 0.5) is 0 Å². The molecule has 156 valence electrons. The molecule has 2 aromatic carbocycles. The van der Waals surface area contributed by atoms with E-state index in [2.05, 4.69) is 12.1 Å². The molecule has 4 nitrogen and oxygen atoms in total. The lowest BCUT2D eigenvalue weighted by Gasteiger charge is -2.36. The van der Waals surface area contributed by atoms with Crippen molar-refractivity contribution in [2.45, 2.75) is 38.8 Å². The highest BCUT2D eigenvalue weighted by Crippen LogP contribution is 2.60. The average molecular weight is 450 g/mol. The molecule has 6 heteroatoms. The van der Waals surface area contributed by atoms with E-state index in [1.54, 1.807) is 18.2 Å². The third-order valence-corrected chi connectivity index (χ3v) is 6.99. The Bertz CT molecular complexity index is 1170. The molecule has 3 unspecified atom stereocenters. The zero-order chi connectivity index (χ0) is 22.6. The van der Waals surface area contributed by atoms with Crippen LogP contribution in [0.2, 0.25) is 10.0 Å². The SMILES string of the molecule is CC(C)(C)C(=O)C1C(c2ccc(Cl)c(Cl)c2)C(C#N)(C#N)C2c3ccccc3C=CN12. The number of benzene rings is 2. The third kappa shape index (κ3) is 3.14. The third-order valence-electron chi connectivity index (χ3n) is 6.25. The first-order valence-corrected chi connectivity index (χ1v) is 10.8. The largest absolute Gasteiger partial charge is 0.357 e. The van der Waals surface area contributed by atoms with Crippen LogP contribution in [0.25, 0.3) is 6.08 Å². The molecule has 0 aromatic heterocycles. The highest BCUT2D eigenvalue weighted by atomic mass is 35.5. The smallest absolute Gasteiger partial charge is 0.177 e. The zero-order valence-electron chi connectivity index (χ0n) is 17.4. The van der Waals surface area contributed by atoms with Crippen molar-refractivity contribution in [1.29, 1.82) is 10.5 Å². The fourth-order valence-electron chi connectivity index (χ4n) is 4.82. The standard InChI is InChI=1S/C25H21Cl2N3O/c1-24(2,3)23(31)21-20(16-8-9-18(26)19(27)12-16)25(13-28,14-29)22-17-7-5-4-6-15(17)10-11-30(21)22/h4-12,20-22H,1-3H3. The van der Waals surface area contributed by atoms with Crippen LogP contribution in [0, 0.1) is 33.5 Å². The molecule has 1 fully saturated rings. The summed E-state index contributed by atoms with van der Waals surface area (Å²) >= 11 is 12.4. The summed E-state index contributed by atoms with van der Waals surface area (Å²) in [7, 11) is 0. The van der Waals surface area contributed by atoms with E-state index in [9.17, 15) is 15.3 Å². The molecule has 0 bridgehead atoms. The molecule has 2 aromatic rings. The van der Waals surface area contributed by atoms with Crippen LogP contribution in [0.15, 0.2) is 48.7 Å². The molecular formula is C25H21Cl2N3O. The van der Waals surface area contributed by atoms with Gasteiger partial charge in [-0.1, -0.05) is 74.3 Å². The molecule has 1 saturated heterocycles.